The van der Waals surface area contributed by atoms with E-state index in [0.29, 0.717) is 28.3 Å². The average Bonchev–Trinajstić information content (AvgIpc) is 2.80. The topological polar surface area (TPSA) is 93.7 Å². The number of rotatable bonds is 8. The molecule has 0 radical (unpaired) electrons. The first-order valence-corrected chi connectivity index (χ1v) is 9.81. The van der Waals surface area contributed by atoms with Crippen molar-refractivity contribution in [3.8, 4) is 5.75 Å². The van der Waals surface area contributed by atoms with Gasteiger partial charge in [-0.1, -0.05) is 0 Å². The minimum Gasteiger partial charge on any atom is -0.484 e. The van der Waals surface area contributed by atoms with Gasteiger partial charge in [-0.2, -0.15) is 0 Å². The maximum Gasteiger partial charge on any atom is 0.338 e. The Labute approximate surface area is 184 Å². The van der Waals surface area contributed by atoms with E-state index in [1.807, 2.05) is 0 Å². The van der Waals surface area contributed by atoms with E-state index in [1.165, 1.54) is 24.3 Å². The summed E-state index contributed by atoms with van der Waals surface area (Å²) in [4.78, 5) is 36.0. The summed E-state index contributed by atoms with van der Waals surface area (Å²) in [5.74, 6) is -1.14. The lowest BCUT2D eigenvalue weighted by Gasteiger charge is -2.09. The lowest BCUT2D eigenvalue weighted by molar-refractivity contribution is -0.118. The average molecular weight is 436 g/mol. The van der Waals surface area contributed by atoms with Gasteiger partial charge in [-0.15, -0.1) is 0 Å². The highest BCUT2D eigenvalue weighted by molar-refractivity contribution is 6.04. The van der Waals surface area contributed by atoms with E-state index in [4.69, 9.17) is 9.47 Å². The van der Waals surface area contributed by atoms with E-state index in [2.05, 4.69) is 10.6 Å². The van der Waals surface area contributed by atoms with Crippen LogP contribution in [0.2, 0.25) is 0 Å². The number of hydrogen-bond acceptors (Lipinski definition) is 5. The Kier molecular flexibility index (Phi) is 7.53. The summed E-state index contributed by atoms with van der Waals surface area (Å²) in [6, 6.07) is 18.0. The predicted octanol–water partition coefficient (Wildman–Crippen LogP) is 4.27. The molecule has 164 valence electrons. The van der Waals surface area contributed by atoms with Crippen molar-refractivity contribution in [2.75, 3.05) is 23.8 Å². The molecule has 8 heteroatoms. The van der Waals surface area contributed by atoms with E-state index in [0.717, 1.165) is 0 Å². The van der Waals surface area contributed by atoms with Gasteiger partial charge in [0.05, 0.1) is 12.2 Å². The zero-order valence-electron chi connectivity index (χ0n) is 17.3. The summed E-state index contributed by atoms with van der Waals surface area (Å²) in [6.07, 6.45) is 0. The van der Waals surface area contributed by atoms with Crippen LogP contribution in [0.5, 0.6) is 5.75 Å². The Bertz CT molecular complexity index is 1080. The number of ether oxygens (including phenoxy) is 2. The third-order valence-electron chi connectivity index (χ3n) is 4.27. The monoisotopic (exact) mass is 436 g/mol. The fourth-order valence-corrected chi connectivity index (χ4v) is 2.69. The first-order valence-electron chi connectivity index (χ1n) is 9.81. The molecule has 0 aliphatic carbocycles. The Morgan fingerprint density at radius 2 is 1.34 bits per heavy atom. The van der Waals surface area contributed by atoms with E-state index in [9.17, 15) is 18.8 Å². The van der Waals surface area contributed by atoms with Gasteiger partial charge in [0.1, 0.15) is 11.6 Å². The highest BCUT2D eigenvalue weighted by Gasteiger charge is 2.09. The van der Waals surface area contributed by atoms with Crippen LogP contribution in [0.4, 0.5) is 15.8 Å². The number of carbonyl (C=O) groups is 3. The van der Waals surface area contributed by atoms with Crippen LogP contribution in [0.15, 0.2) is 72.8 Å². The number of anilines is 2. The second-order valence-corrected chi connectivity index (χ2v) is 6.62. The number of carbonyl (C=O) groups excluding carboxylic acids is 3. The Hall–Kier alpha value is -4.20. The van der Waals surface area contributed by atoms with Gasteiger partial charge in [-0.05, 0) is 79.7 Å². The van der Waals surface area contributed by atoms with Gasteiger partial charge >= 0.3 is 5.97 Å². The molecule has 2 N–H and O–H groups in total. The molecule has 0 aromatic heterocycles. The van der Waals surface area contributed by atoms with Crippen molar-refractivity contribution < 1.29 is 28.2 Å². The minimum absolute atomic E-state index is 0.235. The molecular formula is C24H21FN2O5. The van der Waals surface area contributed by atoms with Crippen molar-refractivity contribution in [3.63, 3.8) is 0 Å². The van der Waals surface area contributed by atoms with Crippen molar-refractivity contribution in [3.05, 3.63) is 89.7 Å². The van der Waals surface area contributed by atoms with E-state index in [-0.39, 0.29) is 30.8 Å². The van der Waals surface area contributed by atoms with E-state index < -0.39 is 5.97 Å². The van der Waals surface area contributed by atoms with E-state index >= 15 is 0 Å². The molecule has 0 fully saturated rings. The van der Waals surface area contributed by atoms with Gasteiger partial charge in [0.15, 0.2) is 6.61 Å². The second-order valence-electron chi connectivity index (χ2n) is 6.62. The highest BCUT2D eigenvalue weighted by atomic mass is 19.1. The van der Waals surface area contributed by atoms with Crippen LogP contribution in [0.25, 0.3) is 0 Å². The van der Waals surface area contributed by atoms with Crippen LogP contribution < -0.4 is 15.4 Å². The number of esters is 1. The molecule has 3 rings (SSSR count). The highest BCUT2D eigenvalue weighted by Crippen LogP contribution is 2.15. The van der Waals surface area contributed by atoms with Crippen molar-refractivity contribution >= 4 is 29.2 Å². The smallest absolute Gasteiger partial charge is 0.338 e. The number of halogens is 1. The SMILES string of the molecule is CCOC(=O)c1ccc(NC(=O)COc2ccc(C(=O)Nc3ccc(F)cc3)cc2)cc1. The fraction of sp³-hybridized carbons (Fsp3) is 0.125. The maximum atomic E-state index is 12.9. The van der Waals surface area contributed by atoms with Crippen molar-refractivity contribution in [2.45, 2.75) is 6.92 Å². The normalized spacial score (nSPS) is 10.2. The van der Waals surface area contributed by atoms with Gasteiger partial charge in [0, 0.05) is 16.9 Å². The molecule has 0 bridgehead atoms. The number of hydrogen-bond donors (Lipinski definition) is 2. The number of nitrogens with one attached hydrogen (secondary N) is 2. The molecule has 0 atom stereocenters. The molecule has 0 saturated carbocycles. The Morgan fingerprint density at radius 3 is 1.97 bits per heavy atom. The lowest BCUT2D eigenvalue weighted by atomic mass is 10.2. The molecule has 0 aliphatic heterocycles. The molecule has 3 aromatic rings. The third kappa shape index (κ3) is 6.40. The predicted molar refractivity (Wildman–Crippen MR) is 117 cm³/mol. The first kappa shape index (κ1) is 22.5. The molecule has 2 amide bonds. The maximum absolute atomic E-state index is 12.9. The third-order valence-corrected chi connectivity index (χ3v) is 4.27. The molecule has 0 saturated heterocycles. The summed E-state index contributed by atoms with van der Waals surface area (Å²) >= 11 is 0. The van der Waals surface area contributed by atoms with Gasteiger partial charge in [-0.3, -0.25) is 9.59 Å². The lowest BCUT2D eigenvalue weighted by Crippen LogP contribution is -2.20. The largest absolute Gasteiger partial charge is 0.484 e. The van der Waals surface area contributed by atoms with Crippen LogP contribution in [0.1, 0.15) is 27.6 Å². The van der Waals surface area contributed by atoms with Crippen molar-refractivity contribution in [1.82, 2.24) is 0 Å². The molecular weight excluding hydrogens is 415 g/mol. The Balaban J connectivity index is 1.48. The molecule has 3 aromatic carbocycles. The van der Waals surface area contributed by atoms with Crippen LogP contribution in [-0.2, 0) is 9.53 Å². The number of amides is 2. The van der Waals surface area contributed by atoms with Gasteiger partial charge in [0.2, 0.25) is 0 Å². The van der Waals surface area contributed by atoms with Crippen LogP contribution in [0, 0.1) is 5.82 Å². The zero-order chi connectivity index (χ0) is 22.9. The Morgan fingerprint density at radius 1 is 0.781 bits per heavy atom. The van der Waals surface area contributed by atoms with Crippen LogP contribution >= 0.6 is 0 Å². The minimum atomic E-state index is -0.427. The number of benzene rings is 3. The van der Waals surface area contributed by atoms with Crippen LogP contribution in [-0.4, -0.2) is 31.0 Å². The molecule has 32 heavy (non-hydrogen) atoms. The summed E-state index contributed by atoms with van der Waals surface area (Å²) in [6.45, 7) is 1.78. The standard InChI is InChI=1S/C24H21FN2O5/c1-2-31-24(30)17-3-9-19(10-4-17)26-22(28)15-32-21-13-5-16(6-14-21)23(29)27-20-11-7-18(25)8-12-20/h3-14H,2,15H2,1H3,(H,26,28)(H,27,29). The quantitative estimate of drug-likeness (QED) is 0.515. The summed E-state index contributed by atoms with van der Waals surface area (Å²) in [5.41, 5.74) is 1.76. The second kappa shape index (κ2) is 10.7. The molecule has 0 spiro atoms. The van der Waals surface area contributed by atoms with Crippen molar-refractivity contribution in [1.29, 1.82) is 0 Å². The fourth-order valence-electron chi connectivity index (χ4n) is 2.69. The summed E-state index contributed by atoms with van der Waals surface area (Å²) in [5, 5.41) is 5.33. The van der Waals surface area contributed by atoms with Gasteiger partial charge in [0.25, 0.3) is 11.8 Å². The molecule has 0 aliphatic rings. The first-order chi connectivity index (χ1) is 15.4. The van der Waals surface area contributed by atoms with Crippen LogP contribution in [0.3, 0.4) is 0 Å². The van der Waals surface area contributed by atoms with Crippen molar-refractivity contribution in [2.24, 2.45) is 0 Å². The summed E-state index contributed by atoms with van der Waals surface area (Å²) < 4.78 is 23.3. The molecule has 0 heterocycles. The van der Waals surface area contributed by atoms with E-state index in [1.54, 1.807) is 55.5 Å². The molecule has 7 nitrogen and oxygen atoms in total. The zero-order valence-corrected chi connectivity index (χ0v) is 17.3. The summed E-state index contributed by atoms with van der Waals surface area (Å²) in [7, 11) is 0. The van der Waals surface area contributed by atoms with Gasteiger partial charge < -0.3 is 20.1 Å². The van der Waals surface area contributed by atoms with Gasteiger partial charge in [-0.25, -0.2) is 9.18 Å². The molecule has 0 unspecified atom stereocenters.